The summed E-state index contributed by atoms with van der Waals surface area (Å²) >= 11 is 0. The topological polar surface area (TPSA) is 82.2 Å². The molecule has 208 valence electrons. The summed E-state index contributed by atoms with van der Waals surface area (Å²) in [5.41, 5.74) is 3.24. The van der Waals surface area contributed by atoms with Crippen molar-refractivity contribution in [2.24, 2.45) is 5.92 Å². The molecular weight excluding hydrogens is 480 g/mol. The lowest BCUT2D eigenvalue weighted by molar-refractivity contribution is -0.140. The predicted octanol–water partition coefficient (Wildman–Crippen LogP) is 4.44. The van der Waals surface area contributed by atoms with Crippen LogP contribution in [0.4, 0.5) is 4.79 Å². The van der Waals surface area contributed by atoms with E-state index in [-0.39, 0.29) is 24.6 Å². The zero-order chi connectivity index (χ0) is 27.4. The molecule has 0 spiro atoms. The Morgan fingerprint density at radius 3 is 2.34 bits per heavy atom. The first-order chi connectivity index (χ1) is 18.2. The lowest BCUT2D eigenvalue weighted by atomic mass is 9.92. The number of rotatable bonds is 8. The molecule has 1 aromatic carbocycles. The molecule has 2 heterocycles. The predicted molar refractivity (Wildman–Crippen MR) is 147 cm³/mol. The molecule has 3 aliphatic rings. The third kappa shape index (κ3) is 5.90. The fraction of sp³-hybridized carbons (Fsp3) is 0.633. The van der Waals surface area contributed by atoms with Crippen LogP contribution in [0.15, 0.2) is 35.5 Å². The van der Waals surface area contributed by atoms with E-state index in [0.29, 0.717) is 55.8 Å². The molecule has 4 rings (SSSR count). The van der Waals surface area contributed by atoms with Gasteiger partial charge in [-0.25, -0.2) is 9.59 Å². The molecule has 1 N–H and O–H groups in total. The number of nitrogens with one attached hydrogen (secondary N) is 1. The van der Waals surface area contributed by atoms with Crippen LogP contribution in [-0.2, 0) is 14.3 Å². The zero-order valence-electron chi connectivity index (χ0n) is 23.7. The van der Waals surface area contributed by atoms with E-state index < -0.39 is 12.0 Å². The normalized spacial score (nSPS) is 23.3. The molecule has 0 bridgehead atoms. The molecular formula is C30H44N4O4. The largest absolute Gasteiger partial charge is 0.463 e. The van der Waals surface area contributed by atoms with Crippen molar-refractivity contribution in [3.63, 3.8) is 0 Å². The van der Waals surface area contributed by atoms with E-state index in [9.17, 15) is 14.4 Å². The van der Waals surface area contributed by atoms with E-state index in [1.54, 1.807) is 11.8 Å². The third-order valence-electron chi connectivity index (χ3n) is 8.26. The van der Waals surface area contributed by atoms with Crippen LogP contribution in [-0.4, -0.2) is 78.0 Å². The van der Waals surface area contributed by atoms with Crippen LogP contribution in [0.5, 0.6) is 0 Å². The SMILES string of the molecule is CCOC(=O)C1=C(CN2CCN(C(=O)C3CCCC3)C(C)C2)N(CC)C(=O)NC1c1ccc(C(C)C)cc1. The van der Waals surface area contributed by atoms with Gasteiger partial charge in [0.25, 0.3) is 0 Å². The van der Waals surface area contributed by atoms with Crippen molar-refractivity contribution in [2.45, 2.75) is 78.3 Å². The molecule has 2 fully saturated rings. The van der Waals surface area contributed by atoms with E-state index >= 15 is 0 Å². The first-order valence-corrected chi connectivity index (χ1v) is 14.4. The molecule has 2 atom stereocenters. The molecule has 8 heteroatoms. The Morgan fingerprint density at radius 2 is 1.76 bits per heavy atom. The van der Waals surface area contributed by atoms with Gasteiger partial charge in [-0.15, -0.1) is 0 Å². The van der Waals surface area contributed by atoms with Gasteiger partial charge in [0, 0.05) is 50.4 Å². The molecule has 1 saturated carbocycles. The van der Waals surface area contributed by atoms with E-state index in [2.05, 4.69) is 43.1 Å². The van der Waals surface area contributed by atoms with E-state index in [1.165, 1.54) is 5.56 Å². The molecule has 2 unspecified atom stereocenters. The molecule has 0 radical (unpaired) electrons. The second-order valence-corrected chi connectivity index (χ2v) is 11.1. The summed E-state index contributed by atoms with van der Waals surface area (Å²) < 4.78 is 5.52. The van der Waals surface area contributed by atoms with Crippen molar-refractivity contribution in [1.29, 1.82) is 0 Å². The molecule has 38 heavy (non-hydrogen) atoms. The van der Waals surface area contributed by atoms with Gasteiger partial charge in [0.15, 0.2) is 0 Å². The maximum absolute atomic E-state index is 13.4. The number of carbonyl (C=O) groups is 3. The number of hydrogen-bond donors (Lipinski definition) is 1. The van der Waals surface area contributed by atoms with Crippen LogP contribution < -0.4 is 5.32 Å². The molecule has 3 amide bonds. The Morgan fingerprint density at radius 1 is 1.08 bits per heavy atom. The monoisotopic (exact) mass is 524 g/mol. The Labute approximate surface area is 227 Å². The summed E-state index contributed by atoms with van der Waals surface area (Å²) in [6.45, 7) is 13.3. The molecule has 1 aromatic rings. The average molecular weight is 525 g/mol. The van der Waals surface area contributed by atoms with Crippen LogP contribution in [0.3, 0.4) is 0 Å². The van der Waals surface area contributed by atoms with Crippen molar-refractivity contribution < 1.29 is 19.1 Å². The summed E-state index contributed by atoms with van der Waals surface area (Å²) in [7, 11) is 0. The maximum Gasteiger partial charge on any atom is 0.338 e. The summed E-state index contributed by atoms with van der Waals surface area (Å²) in [5, 5.41) is 3.06. The number of piperazine rings is 1. The number of likely N-dealkylation sites (N-methyl/N-ethyl adjacent to an activating group) is 1. The zero-order valence-corrected chi connectivity index (χ0v) is 23.7. The molecule has 0 aromatic heterocycles. The quantitative estimate of drug-likeness (QED) is 0.509. The average Bonchev–Trinajstić information content (AvgIpc) is 3.44. The van der Waals surface area contributed by atoms with E-state index in [4.69, 9.17) is 4.74 Å². The third-order valence-corrected chi connectivity index (χ3v) is 8.26. The van der Waals surface area contributed by atoms with Crippen molar-refractivity contribution in [2.75, 3.05) is 39.3 Å². The van der Waals surface area contributed by atoms with Crippen LogP contribution in [0.2, 0.25) is 0 Å². The smallest absolute Gasteiger partial charge is 0.338 e. The molecule has 1 saturated heterocycles. The first kappa shape index (κ1) is 28.1. The van der Waals surface area contributed by atoms with Gasteiger partial charge in [-0.05, 0) is 50.7 Å². The highest BCUT2D eigenvalue weighted by Gasteiger charge is 2.40. The Kier molecular flexibility index (Phi) is 9.13. The minimum absolute atomic E-state index is 0.0790. The lowest BCUT2D eigenvalue weighted by Crippen LogP contribution is -2.57. The molecule has 1 aliphatic carbocycles. The van der Waals surface area contributed by atoms with Crippen molar-refractivity contribution in [3.8, 4) is 0 Å². The highest BCUT2D eigenvalue weighted by molar-refractivity contribution is 5.95. The molecule has 2 aliphatic heterocycles. The number of amides is 3. The van der Waals surface area contributed by atoms with Gasteiger partial charge < -0.3 is 15.0 Å². The fourth-order valence-electron chi connectivity index (χ4n) is 6.10. The van der Waals surface area contributed by atoms with Gasteiger partial charge in [-0.1, -0.05) is 51.0 Å². The standard InChI is InChI=1S/C30H44N4O4/c1-6-33-25(19-32-16-17-34(21(5)18-32)28(35)24-10-8-9-11-24)26(29(36)38-7-2)27(31-30(33)37)23-14-12-22(13-15-23)20(3)4/h12-15,20-21,24,27H,6-11,16-19H2,1-5H3,(H,31,37). The minimum atomic E-state index is -0.580. The summed E-state index contributed by atoms with van der Waals surface area (Å²) in [6, 6.07) is 7.39. The van der Waals surface area contributed by atoms with Gasteiger partial charge in [-0.2, -0.15) is 0 Å². The fourth-order valence-corrected chi connectivity index (χ4v) is 6.10. The Bertz CT molecular complexity index is 1040. The number of nitrogens with zero attached hydrogens (tertiary/aromatic N) is 3. The van der Waals surface area contributed by atoms with Gasteiger partial charge in [-0.3, -0.25) is 14.6 Å². The Balaban J connectivity index is 1.62. The van der Waals surface area contributed by atoms with Crippen LogP contribution in [0, 0.1) is 5.92 Å². The highest BCUT2D eigenvalue weighted by Crippen LogP contribution is 2.33. The highest BCUT2D eigenvalue weighted by atomic mass is 16.5. The summed E-state index contributed by atoms with van der Waals surface area (Å²) in [4.78, 5) is 45.7. The lowest BCUT2D eigenvalue weighted by Gasteiger charge is -2.43. The van der Waals surface area contributed by atoms with Gasteiger partial charge in [0.05, 0.1) is 18.2 Å². The van der Waals surface area contributed by atoms with Crippen molar-refractivity contribution in [3.05, 3.63) is 46.7 Å². The maximum atomic E-state index is 13.4. The number of esters is 1. The Hall–Kier alpha value is -2.87. The van der Waals surface area contributed by atoms with Crippen LogP contribution >= 0.6 is 0 Å². The molecule has 8 nitrogen and oxygen atoms in total. The van der Waals surface area contributed by atoms with Gasteiger partial charge in [0.1, 0.15) is 0 Å². The van der Waals surface area contributed by atoms with Crippen molar-refractivity contribution >= 4 is 17.9 Å². The minimum Gasteiger partial charge on any atom is -0.463 e. The van der Waals surface area contributed by atoms with E-state index in [1.807, 2.05) is 24.0 Å². The number of benzene rings is 1. The first-order valence-electron chi connectivity index (χ1n) is 14.4. The second kappa shape index (κ2) is 12.3. The second-order valence-electron chi connectivity index (χ2n) is 11.1. The van der Waals surface area contributed by atoms with Gasteiger partial charge >= 0.3 is 12.0 Å². The van der Waals surface area contributed by atoms with Gasteiger partial charge in [0.2, 0.25) is 5.91 Å². The number of urea groups is 1. The summed E-state index contributed by atoms with van der Waals surface area (Å²) in [6.07, 6.45) is 4.29. The van der Waals surface area contributed by atoms with Crippen LogP contribution in [0.25, 0.3) is 0 Å². The van der Waals surface area contributed by atoms with Crippen molar-refractivity contribution in [1.82, 2.24) is 20.0 Å². The number of ether oxygens (including phenoxy) is 1. The summed E-state index contributed by atoms with van der Waals surface area (Å²) in [5.74, 6) is 0.445. The van der Waals surface area contributed by atoms with Crippen LogP contribution in [0.1, 0.15) is 83.4 Å². The number of hydrogen-bond acceptors (Lipinski definition) is 5. The number of carbonyl (C=O) groups excluding carboxylic acids is 3. The van der Waals surface area contributed by atoms with E-state index in [0.717, 1.165) is 31.2 Å².